The van der Waals surface area contributed by atoms with Crippen LogP contribution in [0.4, 0.5) is 0 Å². The van der Waals surface area contributed by atoms with Crippen molar-refractivity contribution < 1.29 is 4.74 Å². The molecule has 3 heteroatoms. The van der Waals surface area contributed by atoms with Gasteiger partial charge in [-0.1, -0.05) is 6.92 Å². The van der Waals surface area contributed by atoms with Gasteiger partial charge in [-0.15, -0.1) is 0 Å². The molecule has 0 aliphatic carbocycles. The van der Waals surface area contributed by atoms with Crippen LogP contribution in [0.25, 0.3) is 0 Å². The van der Waals surface area contributed by atoms with Gasteiger partial charge >= 0.3 is 0 Å². The van der Waals surface area contributed by atoms with Crippen LogP contribution in [0.5, 0.6) is 0 Å². The molecule has 0 spiro atoms. The van der Waals surface area contributed by atoms with E-state index in [0.29, 0.717) is 16.6 Å². The molecule has 0 aromatic carbocycles. The third-order valence-electron chi connectivity index (χ3n) is 2.39. The Morgan fingerprint density at radius 3 is 2.83 bits per heavy atom. The summed E-state index contributed by atoms with van der Waals surface area (Å²) in [5.41, 5.74) is 5.65. The second-order valence-electron chi connectivity index (χ2n) is 3.31. The fourth-order valence-corrected chi connectivity index (χ4v) is 2.79. The molecule has 1 saturated heterocycles. The van der Waals surface area contributed by atoms with Gasteiger partial charge in [0.1, 0.15) is 0 Å². The van der Waals surface area contributed by atoms with Crippen molar-refractivity contribution >= 4 is 11.8 Å². The normalized spacial score (nSPS) is 32.2. The molecule has 0 radical (unpaired) electrons. The quantitative estimate of drug-likeness (QED) is 0.730. The van der Waals surface area contributed by atoms with Gasteiger partial charge in [0, 0.05) is 23.7 Å². The minimum atomic E-state index is 0.426. The number of rotatable bonds is 4. The number of hydrogen-bond donors (Lipinski definition) is 1. The Balaban J connectivity index is 2.28. The summed E-state index contributed by atoms with van der Waals surface area (Å²) in [5.74, 6) is 0. The van der Waals surface area contributed by atoms with Crippen molar-refractivity contribution in [3.05, 3.63) is 0 Å². The summed E-state index contributed by atoms with van der Waals surface area (Å²) in [6.07, 6.45) is 2.79. The van der Waals surface area contributed by atoms with Crippen molar-refractivity contribution in [2.24, 2.45) is 5.73 Å². The van der Waals surface area contributed by atoms with Gasteiger partial charge in [-0.05, 0) is 19.8 Å². The van der Waals surface area contributed by atoms with E-state index in [4.69, 9.17) is 10.5 Å². The van der Waals surface area contributed by atoms with Gasteiger partial charge in [-0.2, -0.15) is 11.8 Å². The minimum absolute atomic E-state index is 0.426. The van der Waals surface area contributed by atoms with Crippen LogP contribution in [0.2, 0.25) is 0 Å². The van der Waals surface area contributed by atoms with Crippen LogP contribution < -0.4 is 5.73 Å². The lowest BCUT2D eigenvalue weighted by Gasteiger charge is -2.19. The van der Waals surface area contributed by atoms with Gasteiger partial charge in [0.05, 0.1) is 6.10 Å². The number of hydrogen-bond acceptors (Lipinski definition) is 3. The highest BCUT2D eigenvalue weighted by molar-refractivity contribution is 8.00. The molecular weight excluding hydrogens is 170 g/mol. The first-order chi connectivity index (χ1) is 5.77. The molecule has 2 nitrogen and oxygen atoms in total. The molecule has 12 heavy (non-hydrogen) atoms. The molecule has 0 saturated carbocycles. The third kappa shape index (κ3) is 2.64. The number of ether oxygens (including phenoxy) is 1. The van der Waals surface area contributed by atoms with E-state index < -0.39 is 0 Å². The second kappa shape index (κ2) is 5.10. The van der Waals surface area contributed by atoms with Gasteiger partial charge in [-0.25, -0.2) is 0 Å². The molecule has 0 aromatic heterocycles. The molecular formula is C9H19NOS. The van der Waals surface area contributed by atoms with E-state index in [0.717, 1.165) is 13.2 Å². The Kier molecular flexibility index (Phi) is 4.40. The lowest BCUT2D eigenvalue weighted by molar-refractivity contribution is 0.127. The molecule has 1 rings (SSSR count). The molecule has 3 atom stereocenters. The fourth-order valence-electron chi connectivity index (χ4n) is 1.46. The molecule has 72 valence electrons. The molecule has 3 unspecified atom stereocenters. The highest BCUT2D eigenvalue weighted by Gasteiger charge is 2.26. The maximum absolute atomic E-state index is 5.65. The molecule has 0 amide bonds. The summed E-state index contributed by atoms with van der Waals surface area (Å²) in [6, 6.07) is 0. The first kappa shape index (κ1) is 10.4. The highest BCUT2D eigenvalue weighted by Crippen LogP contribution is 2.30. The van der Waals surface area contributed by atoms with Gasteiger partial charge in [0.15, 0.2) is 0 Å². The number of nitrogens with two attached hydrogens (primary N) is 1. The average Bonchev–Trinajstić information content (AvgIpc) is 2.47. The van der Waals surface area contributed by atoms with Gasteiger partial charge < -0.3 is 10.5 Å². The van der Waals surface area contributed by atoms with Crippen molar-refractivity contribution in [2.45, 2.75) is 43.3 Å². The first-order valence-electron chi connectivity index (χ1n) is 4.75. The van der Waals surface area contributed by atoms with Crippen LogP contribution in [0.15, 0.2) is 0 Å². The summed E-state index contributed by atoms with van der Waals surface area (Å²) in [4.78, 5) is 0. The van der Waals surface area contributed by atoms with Crippen molar-refractivity contribution in [2.75, 3.05) is 13.2 Å². The second-order valence-corrected chi connectivity index (χ2v) is 4.85. The van der Waals surface area contributed by atoms with Crippen LogP contribution in [-0.4, -0.2) is 29.8 Å². The largest absolute Gasteiger partial charge is 0.377 e. The highest BCUT2D eigenvalue weighted by atomic mass is 32.2. The Hall–Kier alpha value is 0.270. The van der Waals surface area contributed by atoms with Crippen LogP contribution in [0.3, 0.4) is 0 Å². The summed E-state index contributed by atoms with van der Waals surface area (Å²) >= 11 is 2.01. The predicted molar refractivity (Wildman–Crippen MR) is 54.5 cm³/mol. The first-order valence-corrected chi connectivity index (χ1v) is 5.69. The lowest BCUT2D eigenvalue weighted by Crippen LogP contribution is -2.23. The maximum Gasteiger partial charge on any atom is 0.0666 e. The smallest absolute Gasteiger partial charge is 0.0666 e. The summed E-state index contributed by atoms with van der Waals surface area (Å²) in [6.45, 7) is 6.09. The topological polar surface area (TPSA) is 35.2 Å². The van der Waals surface area contributed by atoms with Crippen LogP contribution in [0.1, 0.15) is 26.7 Å². The zero-order valence-electron chi connectivity index (χ0n) is 7.95. The molecule has 0 aromatic rings. The summed E-state index contributed by atoms with van der Waals surface area (Å²) in [7, 11) is 0. The van der Waals surface area contributed by atoms with Gasteiger partial charge in [0.2, 0.25) is 0 Å². The lowest BCUT2D eigenvalue weighted by atomic mass is 10.2. The van der Waals surface area contributed by atoms with Crippen molar-refractivity contribution in [3.8, 4) is 0 Å². The number of thioether (sulfide) groups is 1. The van der Waals surface area contributed by atoms with Crippen molar-refractivity contribution in [3.63, 3.8) is 0 Å². The van der Waals surface area contributed by atoms with Gasteiger partial charge in [0.25, 0.3) is 0 Å². The molecule has 0 bridgehead atoms. The summed E-state index contributed by atoms with van der Waals surface area (Å²) in [5, 5.41) is 1.30. The Morgan fingerprint density at radius 2 is 2.42 bits per heavy atom. The van der Waals surface area contributed by atoms with Crippen molar-refractivity contribution in [1.82, 2.24) is 0 Å². The predicted octanol–water partition coefficient (Wildman–Crippen LogP) is 1.63. The molecule has 1 aliphatic rings. The molecule has 2 N–H and O–H groups in total. The van der Waals surface area contributed by atoms with E-state index in [2.05, 4.69) is 13.8 Å². The zero-order valence-corrected chi connectivity index (χ0v) is 8.77. The molecule has 1 aliphatic heterocycles. The van der Waals surface area contributed by atoms with E-state index >= 15 is 0 Å². The van der Waals surface area contributed by atoms with Crippen LogP contribution in [-0.2, 0) is 4.74 Å². The Labute approximate surface area is 79.2 Å². The van der Waals surface area contributed by atoms with Crippen molar-refractivity contribution in [1.29, 1.82) is 0 Å². The van der Waals surface area contributed by atoms with Gasteiger partial charge in [-0.3, -0.25) is 0 Å². The molecule has 1 heterocycles. The summed E-state index contributed by atoms with van der Waals surface area (Å²) < 4.78 is 5.49. The van der Waals surface area contributed by atoms with Crippen LogP contribution >= 0.6 is 11.8 Å². The van der Waals surface area contributed by atoms with E-state index in [1.807, 2.05) is 11.8 Å². The average molecular weight is 189 g/mol. The minimum Gasteiger partial charge on any atom is -0.377 e. The Morgan fingerprint density at radius 1 is 1.67 bits per heavy atom. The zero-order chi connectivity index (χ0) is 8.97. The standard InChI is InChI=1S/C9H19NOS/c1-3-8(6-10)12-9-4-5-11-7(9)2/h7-9H,3-6,10H2,1-2H3. The fraction of sp³-hybridized carbons (Fsp3) is 1.00. The van der Waals surface area contributed by atoms with E-state index in [9.17, 15) is 0 Å². The van der Waals surface area contributed by atoms with E-state index in [1.54, 1.807) is 0 Å². The van der Waals surface area contributed by atoms with E-state index in [1.165, 1.54) is 12.8 Å². The monoisotopic (exact) mass is 189 g/mol. The molecule has 1 fully saturated rings. The van der Waals surface area contributed by atoms with E-state index in [-0.39, 0.29) is 0 Å². The third-order valence-corrected chi connectivity index (χ3v) is 4.27. The van der Waals surface area contributed by atoms with Crippen LogP contribution in [0, 0.1) is 0 Å². The Bertz CT molecular complexity index is 128. The SMILES string of the molecule is CCC(CN)SC1CCOC1C. The maximum atomic E-state index is 5.65.